The Morgan fingerprint density at radius 1 is 1.27 bits per heavy atom. The van der Waals surface area contributed by atoms with Gasteiger partial charge in [-0.3, -0.25) is 0 Å². The quantitative estimate of drug-likeness (QED) is 0.377. The lowest BCUT2D eigenvalue weighted by atomic mass is 10.2. The molecule has 2 nitrogen and oxygen atoms in total. The number of aromatic hydroxyl groups is 1. The smallest absolute Gasteiger partial charge is 0.134 e. The molecule has 1 aromatic carbocycles. The molecule has 0 heterocycles. The lowest BCUT2D eigenvalue weighted by Gasteiger charge is -2.05. The third kappa shape index (κ3) is 2.32. The molecule has 0 radical (unpaired) electrons. The largest absolute Gasteiger partial charge is 0.508 e. The molecule has 0 saturated heterocycles. The van der Waals surface area contributed by atoms with Crippen molar-refractivity contribution in [3.8, 4) is 5.75 Å². The van der Waals surface area contributed by atoms with Crippen LogP contribution in [0, 0.1) is 0 Å². The van der Waals surface area contributed by atoms with E-state index in [0.29, 0.717) is 0 Å². The molecule has 11 heavy (non-hydrogen) atoms. The Morgan fingerprint density at radius 2 is 1.82 bits per heavy atom. The zero-order chi connectivity index (χ0) is 8.27. The number of thiol groups is 1. The Labute approximate surface area is 74.1 Å². The number of phenolic OH excluding ortho intramolecular Hbond substituents is 1. The SMILES string of the molecule is Oc1ccc(C(O)SS)cc1. The summed E-state index contributed by atoms with van der Waals surface area (Å²) in [5.41, 5.74) is 0.113. The van der Waals surface area contributed by atoms with Crippen molar-refractivity contribution in [1.82, 2.24) is 0 Å². The molecule has 1 unspecified atom stereocenters. The van der Waals surface area contributed by atoms with Gasteiger partial charge in [0.1, 0.15) is 11.2 Å². The first-order valence-electron chi connectivity index (χ1n) is 3.01. The van der Waals surface area contributed by atoms with Gasteiger partial charge < -0.3 is 10.2 Å². The van der Waals surface area contributed by atoms with Crippen LogP contribution in [0.1, 0.15) is 11.0 Å². The van der Waals surface area contributed by atoms with E-state index in [9.17, 15) is 5.11 Å². The second-order valence-electron chi connectivity index (χ2n) is 2.05. The molecule has 0 bridgehead atoms. The predicted molar refractivity (Wildman–Crippen MR) is 49.6 cm³/mol. The van der Waals surface area contributed by atoms with Gasteiger partial charge in [0.2, 0.25) is 0 Å². The van der Waals surface area contributed by atoms with Crippen LogP contribution in [0.25, 0.3) is 0 Å². The highest BCUT2D eigenvalue weighted by Gasteiger charge is 2.04. The van der Waals surface area contributed by atoms with Crippen molar-refractivity contribution in [2.75, 3.05) is 0 Å². The minimum absolute atomic E-state index is 0.199. The van der Waals surface area contributed by atoms with Crippen molar-refractivity contribution in [1.29, 1.82) is 0 Å². The van der Waals surface area contributed by atoms with Crippen LogP contribution in [0.5, 0.6) is 5.75 Å². The number of aliphatic hydroxyl groups excluding tert-OH is 1. The number of hydrogen-bond acceptors (Lipinski definition) is 4. The van der Waals surface area contributed by atoms with Gasteiger partial charge in [-0.1, -0.05) is 22.9 Å². The van der Waals surface area contributed by atoms with Crippen molar-refractivity contribution in [3.05, 3.63) is 29.8 Å². The van der Waals surface area contributed by atoms with Gasteiger partial charge in [0.05, 0.1) is 0 Å². The highest BCUT2D eigenvalue weighted by molar-refractivity contribution is 8.68. The maximum atomic E-state index is 9.23. The molecule has 0 aliphatic carbocycles. The molecule has 0 amide bonds. The van der Waals surface area contributed by atoms with Gasteiger partial charge in [-0.25, -0.2) is 0 Å². The Bertz CT molecular complexity index is 222. The Balaban J connectivity index is 2.81. The van der Waals surface area contributed by atoms with Gasteiger partial charge >= 0.3 is 0 Å². The normalized spacial score (nSPS) is 12.9. The Morgan fingerprint density at radius 3 is 2.27 bits per heavy atom. The lowest BCUT2D eigenvalue weighted by Crippen LogP contribution is -1.87. The van der Waals surface area contributed by atoms with E-state index in [-0.39, 0.29) is 5.75 Å². The fraction of sp³-hybridized carbons (Fsp3) is 0.143. The molecule has 0 aliphatic rings. The van der Waals surface area contributed by atoms with Crippen LogP contribution in [0.15, 0.2) is 24.3 Å². The molecule has 2 N–H and O–H groups in total. The van der Waals surface area contributed by atoms with Crippen LogP contribution in [-0.4, -0.2) is 10.2 Å². The van der Waals surface area contributed by atoms with Crippen LogP contribution in [0.2, 0.25) is 0 Å². The second kappa shape index (κ2) is 3.90. The van der Waals surface area contributed by atoms with Gasteiger partial charge in [-0.05, 0) is 17.7 Å². The summed E-state index contributed by atoms with van der Waals surface area (Å²) < 4.78 is 0. The van der Waals surface area contributed by atoms with Gasteiger partial charge in [-0.15, -0.1) is 11.7 Å². The van der Waals surface area contributed by atoms with Crippen LogP contribution in [0.3, 0.4) is 0 Å². The van der Waals surface area contributed by atoms with Crippen LogP contribution in [-0.2, 0) is 0 Å². The van der Waals surface area contributed by atoms with Gasteiger partial charge in [0.25, 0.3) is 0 Å². The number of phenols is 1. The molecule has 60 valence electrons. The van der Waals surface area contributed by atoms with E-state index in [1.165, 1.54) is 12.1 Å². The number of hydrogen-bond donors (Lipinski definition) is 3. The first-order valence-corrected chi connectivity index (χ1v) is 4.94. The molecule has 4 heteroatoms. The summed E-state index contributed by atoms with van der Waals surface area (Å²) in [7, 11) is 1.05. The summed E-state index contributed by atoms with van der Waals surface area (Å²) in [5.74, 6) is 0.199. The Hall–Kier alpha value is -0.320. The van der Waals surface area contributed by atoms with E-state index < -0.39 is 5.44 Å². The van der Waals surface area contributed by atoms with E-state index in [1.807, 2.05) is 0 Å². The molecule has 0 aliphatic heterocycles. The van der Waals surface area contributed by atoms with E-state index in [0.717, 1.165) is 16.4 Å². The average Bonchev–Trinajstić information content (AvgIpc) is 2.05. The molecule has 1 aromatic rings. The maximum absolute atomic E-state index is 9.23. The molecule has 1 rings (SSSR count). The van der Waals surface area contributed by atoms with E-state index in [1.54, 1.807) is 12.1 Å². The summed E-state index contributed by atoms with van der Waals surface area (Å²) in [6.07, 6.45) is 0. The molecule has 0 aromatic heterocycles. The summed E-state index contributed by atoms with van der Waals surface area (Å²) >= 11 is 3.86. The minimum Gasteiger partial charge on any atom is -0.508 e. The molecule has 0 saturated carbocycles. The minimum atomic E-state index is -0.626. The standard InChI is InChI=1S/C7H8O2S2/c8-6-3-1-5(2-4-6)7(9)11-10/h1-4,7-10H. The molecular formula is C7H8O2S2. The van der Waals surface area contributed by atoms with Crippen LogP contribution < -0.4 is 0 Å². The number of benzene rings is 1. The first-order chi connectivity index (χ1) is 5.24. The van der Waals surface area contributed by atoms with Crippen molar-refractivity contribution in [2.45, 2.75) is 5.44 Å². The average molecular weight is 188 g/mol. The summed E-state index contributed by atoms with van der Waals surface area (Å²) in [6.45, 7) is 0. The summed E-state index contributed by atoms with van der Waals surface area (Å²) in [5, 5.41) is 18.1. The third-order valence-corrected chi connectivity index (χ3v) is 2.35. The van der Waals surface area contributed by atoms with Crippen molar-refractivity contribution in [3.63, 3.8) is 0 Å². The first kappa shape index (κ1) is 8.77. The summed E-state index contributed by atoms with van der Waals surface area (Å²) in [6, 6.07) is 6.37. The van der Waals surface area contributed by atoms with Gasteiger partial charge in [0, 0.05) is 0 Å². The Kier molecular flexibility index (Phi) is 3.11. The topological polar surface area (TPSA) is 40.5 Å². The number of aliphatic hydroxyl groups is 1. The summed E-state index contributed by atoms with van der Waals surface area (Å²) in [4.78, 5) is 0. The van der Waals surface area contributed by atoms with Crippen LogP contribution >= 0.6 is 22.5 Å². The highest BCUT2D eigenvalue weighted by atomic mass is 33.1. The van der Waals surface area contributed by atoms with Crippen molar-refractivity contribution >= 4 is 22.5 Å². The molecule has 1 atom stereocenters. The fourth-order valence-corrected chi connectivity index (χ4v) is 1.34. The predicted octanol–water partition coefficient (Wildman–Crippen LogP) is 1.96. The zero-order valence-electron chi connectivity index (χ0n) is 5.64. The fourth-order valence-electron chi connectivity index (χ4n) is 0.700. The third-order valence-electron chi connectivity index (χ3n) is 1.28. The lowest BCUT2D eigenvalue weighted by molar-refractivity contribution is 0.272. The van der Waals surface area contributed by atoms with Gasteiger partial charge in [0.15, 0.2) is 0 Å². The van der Waals surface area contributed by atoms with Gasteiger partial charge in [-0.2, -0.15) is 0 Å². The van der Waals surface area contributed by atoms with Crippen LogP contribution in [0.4, 0.5) is 0 Å². The van der Waals surface area contributed by atoms with E-state index >= 15 is 0 Å². The molecular weight excluding hydrogens is 180 g/mol. The van der Waals surface area contributed by atoms with Crippen molar-refractivity contribution in [2.24, 2.45) is 0 Å². The highest BCUT2D eigenvalue weighted by Crippen LogP contribution is 2.28. The van der Waals surface area contributed by atoms with E-state index in [2.05, 4.69) is 11.7 Å². The van der Waals surface area contributed by atoms with Crippen molar-refractivity contribution < 1.29 is 10.2 Å². The zero-order valence-corrected chi connectivity index (χ0v) is 7.35. The monoisotopic (exact) mass is 188 g/mol. The number of rotatable bonds is 2. The maximum Gasteiger partial charge on any atom is 0.134 e. The molecule has 0 fully saturated rings. The second-order valence-corrected chi connectivity index (χ2v) is 3.34. The van der Waals surface area contributed by atoms with E-state index in [4.69, 9.17) is 5.11 Å². The molecule has 0 spiro atoms.